The largest absolute Gasteiger partial charge is 0.493 e. The van der Waals surface area contributed by atoms with Crippen LogP contribution >= 0.6 is 12.2 Å². The average molecular weight is 450 g/mol. The molecule has 1 unspecified atom stereocenters. The number of esters is 1. The van der Waals surface area contributed by atoms with E-state index in [1.54, 1.807) is 31.4 Å². The Hall–Kier alpha value is -3.14. The van der Waals surface area contributed by atoms with E-state index in [-0.39, 0.29) is 24.0 Å². The third-order valence-electron chi connectivity index (χ3n) is 4.48. The Labute approximate surface area is 186 Å². The molecule has 1 aliphatic rings. The summed E-state index contributed by atoms with van der Waals surface area (Å²) < 4.78 is 15.5. The minimum absolute atomic E-state index is 0.0742. The van der Waals surface area contributed by atoms with Crippen molar-refractivity contribution in [1.82, 2.24) is 15.5 Å². The maximum atomic E-state index is 12.3. The molecule has 2 N–H and O–H groups in total. The Balaban J connectivity index is 2.01. The van der Waals surface area contributed by atoms with Crippen LogP contribution in [0.4, 0.5) is 0 Å². The van der Waals surface area contributed by atoms with Crippen LogP contribution in [0.15, 0.2) is 24.3 Å². The molecule has 0 spiro atoms. The van der Waals surface area contributed by atoms with Gasteiger partial charge in [-0.15, -0.1) is 0 Å². The lowest BCUT2D eigenvalue weighted by molar-refractivity contribution is -0.147. The van der Waals surface area contributed by atoms with E-state index >= 15 is 0 Å². The van der Waals surface area contributed by atoms with Crippen molar-refractivity contribution in [2.45, 2.75) is 25.8 Å². The van der Waals surface area contributed by atoms with Gasteiger partial charge in [0.2, 0.25) is 11.8 Å². The van der Waals surface area contributed by atoms with E-state index in [0.717, 1.165) is 5.56 Å². The van der Waals surface area contributed by atoms with Crippen molar-refractivity contribution >= 4 is 41.2 Å². The summed E-state index contributed by atoms with van der Waals surface area (Å²) in [5.74, 6) is -0.165. The third-order valence-corrected chi connectivity index (χ3v) is 4.82. The molecule has 2 rings (SSSR count). The molecule has 1 aliphatic heterocycles. The molecule has 0 aromatic heterocycles. The van der Waals surface area contributed by atoms with E-state index < -0.39 is 17.9 Å². The first-order chi connectivity index (χ1) is 14.9. The van der Waals surface area contributed by atoms with Gasteiger partial charge in [-0.3, -0.25) is 19.7 Å². The topological polar surface area (TPSA) is 106 Å². The van der Waals surface area contributed by atoms with Crippen molar-refractivity contribution in [3.63, 3.8) is 0 Å². The molecular formula is C21H27N3O6S. The molecule has 0 bridgehead atoms. The molecule has 1 fully saturated rings. The highest BCUT2D eigenvalue weighted by Gasteiger charge is 2.34. The molecule has 10 heteroatoms. The second kappa shape index (κ2) is 11.9. The van der Waals surface area contributed by atoms with Crippen LogP contribution < -0.4 is 20.1 Å². The molecule has 0 aliphatic carbocycles. The number of nitrogens with zero attached hydrogens (tertiary/aromatic N) is 1. The zero-order valence-electron chi connectivity index (χ0n) is 17.8. The zero-order valence-corrected chi connectivity index (χ0v) is 18.6. The zero-order chi connectivity index (χ0) is 22.8. The summed E-state index contributed by atoms with van der Waals surface area (Å²) in [5.41, 5.74) is 0.729. The normalized spacial score (nSPS) is 15.9. The lowest BCUT2D eigenvalue weighted by atomic mass is 10.1. The van der Waals surface area contributed by atoms with E-state index in [4.69, 9.17) is 26.4 Å². The van der Waals surface area contributed by atoms with Crippen molar-refractivity contribution in [2.75, 3.05) is 33.9 Å². The molecule has 1 atom stereocenters. The van der Waals surface area contributed by atoms with Gasteiger partial charge < -0.3 is 24.4 Å². The lowest BCUT2D eigenvalue weighted by Gasteiger charge is -2.36. The Bertz CT molecular complexity index is 858. The quantitative estimate of drug-likeness (QED) is 0.347. The summed E-state index contributed by atoms with van der Waals surface area (Å²) in [7, 11) is 3.07. The smallest absolute Gasteiger partial charge is 0.308 e. The fourth-order valence-electron chi connectivity index (χ4n) is 2.94. The summed E-state index contributed by atoms with van der Waals surface area (Å²) >= 11 is 5.32. The number of thiocarbonyl (C=S) groups is 1. The van der Waals surface area contributed by atoms with Gasteiger partial charge in [0, 0.05) is 19.2 Å². The molecule has 9 nitrogen and oxygen atoms in total. The van der Waals surface area contributed by atoms with E-state index in [2.05, 4.69) is 10.6 Å². The van der Waals surface area contributed by atoms with Gasteiger partial charge in [0.15, 0.2) is 16.6 Å². The van der Waals surface area contributed by atoms with Crippen LogP contribution in [0.1, 0.15) is 25.3 Å². The predicted molar refractivity (Wildman–Crippen MR) is 119 cm³/mol. The SMILES string of the molecule is CCCOC(=O)CC1C(=O)NCCN1C(=S)NC(=O)/C=C/c1ccc(OC)c(OC)c1. The highest BCUT2D eigenvalue weighted by atomic mass is 32.1. The summed E-state index contributed by atoms with van der Waals surface area (Å²) in [5, 5.41) is 5.36. The maximum absolute atomic E-state index is 12.3. The molecule has 0 saturated carbocycles. The minimum atomic E-state index is -0.833. The number of rotatable bonds is 8. The number of benzene rings is 1. The van der Waals surface area contributed by atoms with Gasteiger partial charge >= 0.3 is 5.97 Å². The van der Waals surface area contributed by atoms with E-state index in [9.17, 15) is 14.4 Å². The first kappa shape index (κ1) is 24.1. The first-order valence-electron chi connectivity index (χ1n) is 9.84. The monoisotopic (exact) mass is 449 g/mol. The molecule has 1 aromatic rings. The third kappa shape index (κ3) is 6.95. The van der Waals surface area contributed by atoms with Gasteiger partial charge in [-0.05, 0) is 42.4 Å². The summed E-state index contributed by atoms with van der Waals surface area (Å²) in [6.45, 7) is 2.90. The fraction of sp³-hybridized carbons (Fsp3) is 0.429. The lowest BCUT2D eigenvalue weighted by Crippen LogP contribution is -2.60. The molecule has 1 aromatic carbocycles. The Morgan fingerprint density at radius 2 is 2.03 bits per heavy atom. The number of carbonyl (C=O) groups is 3. The molecule has 0 radical (unpaired) electrons. The number of ether oxygens (including phenoxy) is 3. The number of hydrogen-bond donors (Lipinski definition) is 2. The van der Waals surface area contributed by atoms with Crippen LogP contribution in [0.2, 0.25) is 0 Å². The summed E-state index contributed by atoms with van der Waals surface area (Å²) in [6, 6.07) is 4.40. The first-order valence-corrected chi connectivity index (χ1v) is 10.3. The maximum Gasteiger partial charge on any atom is 0.308 e. The predicted octanol–water partition coefficient (Wildman–Crippen LogP) is 1.26. The van der Waals surface area contributed by atoms with Crippen molar-refractivity contribution < 1.29 is 28.6 Å². The standard InChI is InChI=1S/C21H27N3O6S/c1-4-11-30-19(26)13-15-20(27)22-9-10-24(15)21(31)23-18(25)8-6-14-5-7-16(28-2)17(12-14)29-3/h5-8,12,15H,4,9-11,13H2,1-3H3,(H,22,27)(H,23,25,31)/b8-6+. The second-order valence-electron chi connectivity index (χ2n) is 6.67. The summed E-state index contributed by atoms with van der Waals surface area (Å²) in [6.07, 6.45) is 3.46. The van der Waals surface area contributed by atoms with Crippen LogP contribution in [0.3, 0.4) is 0 Å². The van der Waals surface area contributed by atoms with Crippen LogP contribution in [-0.2, 0) is 19.1 Å². The van der Waals surface area contributed by atoms with E-state index in [1.165, 1.54) is 18.1 Å². The van der Waals surface area contributed by atoms with Crippen LogP contribution in [0, 0.1) is 0 Å². The van der Waals surface area contributed by atoms with Gasteiger partial charge in [0.25, 0.3) is 0 Å². The van der Waals surface area contributed by atoms with Gasteiger partial charge in [-0.25, -0.2) is 0 Å². The minimum Gasteiger partial charge on any atom is -0.493 e. The van der Waals surface area contributed by atoms with Gasteiger partial charge in [0.1, 0.15) is 6.04 Å². The molecular weight excluding hydrogens is 422 g/mol. The number of hydrogen-bond acceptors (Lipinski definition) is 7. The van der Waals surface area contributed by atoms with Crippen molar-refractivity contribution in [1.29, 1.82) is 0 Å². The Morgan fingerprint density at radius 3 is 2.71 bits per heavy atom. The number of nitrogens with one attached hydrogen (secondary N) is 2. The van der Waals surface area contributed by atoms with Crippen molar-refractivity contribution in [3.8, 4) is 11.5 Å². The molecule has 1 saturated heterocycles. The fourth-order valence-corrected chi connectivity index (χ4v) is 3.26. The van der Waals surface area contributed by atoms with Crippen LogP contribution in [0.25, 0.3) is 6.08 Å². The van der Waals surface area contributed by atoms with Crippen molar-refractivity contribution in [3.05, 3.63) is 29.8 Å². The van der Waals surface area contributed by atoms with Gasteiger partial charge in [-0.2, -0.15) is 0 Å². The molecule has 1 heterocycles. The van der Waals surface area contributed by atoms with E-state index in [0.29, 0.717) is 31.0 Å². The highest BCUT2D eigenvalue weighted by Crippen LogP contribution is 2.27. The molecule has 2 amide bonds. The number of methoxy groups -OCH3 is 2. The van der Waals surface area contributed by atoms with Crippen molar-refractivity contribution in [2.24, 2.45) is 0 Å². The van der Waals surface area contributed by atoms with Gasteiger partial charge in [0.05, 0.1) is 27.2 Å². The second-order valence-corrected chi connectivity index (χ2v) is 7.05. The highest BCUT2D eigenvalue weighted by molar-refractivity contribution is 7.80. The Kier molecular flexibility index (Phi) is 9.26. The summed E-state index contributed by atoms with van der Waals surface area (Å²) in [4.78, 5) is 38.1. The van der Waals surface area contributed by atoms with Gasteiger partial charge in [-0.1, -0.05) is 13.0 Å². The number of piperazine rings is 1. The average Bonchev–Trinajstić information content (AvgIpc) is 2.77. The molecule has 168 valence electrons. The van der Waals surface area contributed by atoms with Crippen LogP contribution in [0.5, 0.6) is 11.5 Å². The Morgan fingerprint density at radius 1 is 1.29 bits per heavy atom. The number of carbonyl (C=O) groups excluding carboxylic acids is 3. The van der Waals surface area contributed by atoms with Crippen LogP contribution in [-0.4, -0.2) is 67.8 Å². The van der Waals surface area contributed by atoms with E-state index in [1.807, 2.05) is 6.92 Å². The number of amides is 2. The molecule has 31 heavy (non-hydrogen) atoms.